The minimum atomic E-state index is -3.76. The molecule has 1 aliphatic carbocycles. The van der Waals surface area contributed by atoms with Gasteiger partial charge in [-0.2, -0.15) is 0 Å². The molecular formula is C30H42F2N6O2S. The van der Waals surface area contributed by atoms with Gasteiger partial charge in [0.25, 0.3) is 0 Å². The number of benzene rings is 1. The van der Waals surface area contributed by atoms with Crippen molar-refractivity contribution in [1.29, 1.82) is 0 Å². The van der Waals surface area contributed by atoms with E-state index >= 15 is 4.39 Å². The number of rotatable bonds is 15. The van der Waals surface area contributed by atoms with E-state index in [0.29, 0.717) is 17.7 Å². The molecule has 1 saturated carbocycles. The lowest BCUT2D eigenvalue weighted by molar-refractivity contribution is 0.303. The third-order valence-electron chi connectivity index (χ3n) is 8.00. The average molecular weight is 589 g/mol. The number of nitrogens with one attached hydrogen (secondary N) is 1. The van der Waals surface area contributed by atoms with Gasteiger partial charge in [-0.15, -0.1) is 5.10 Å². The van der Waals surface area contributed by atoms with Gasteiger partial charge in [-0.1, -0.05) is 58.1 Å². The number of halogens is 2. The smallest absolute Gasteiger partial charge is 0.232 e. The summed E-state index contributed by atoms with van der Waals surface area (Å²) in [4.78, 5) is 6.77. The highest BCUT2D eigenvalue weighted by Crippen LogP contribution is 2.35. The van der Waals surface area contributed by atoms with E-state index in [-0.39, 0.29) is 11.4 Å². The number of hydrogen-bond donors (Lipinski definition) is 1. The number of nitrogens with zero attached hydrogens (tertiary/aromatic N) is 5. The highest BCUT2D eigenvalue weighted by molar-refractivity contribution is 7.92. The maximum atomic E-state index is 15.3. The summed E-state index contributed by atoms with van der Waals surface area (Å²) in [6.07, 6.45) is 15.3. The minimum absolute atomic E-state index is 0.176. The van der Waals surface area contributed by atoms with Crippen molar-refractivity contribution in [1.82, 2.24) is 20.0 Å². The third kappa shape index (κ3) is 7.81. The average Bonchev–Trinajstić information content (AvgIpc) is 3.66. The molecule has 1 aromatic carbocycles. The fourth-order valence-corrected chi connectivity index (χ4v) is 7.08. The molecule has 11 heteroatoms. The van der Waals surface area contributed by atoms with Crippen LogP contribution in [0.25, 0.3) is 16.9 Å². The van der Waals surface area contributed by atoms with Crippen LogP contribution in [0.2, 0.25) is 0 Å². The molecule has 41 heavy (non-hydrogen) atoms. The monoisotopic (exact) mass is 588 g/mol. The van der Waals surface area contributed by atoms with Crippen molar-refractivity contribution in [3.05, 3.63) is 48.4 Å². The molecule has 3 aromatic rings. The molecule has 0 spiro atoms. The van der Waals surface area contributed by atoms with Crippen LogP contribution in [0.15, 0.2) is 36.8 Å². The Morgan fingerprint density at radius 1 is 1.10 bits per heavy atom. The Morgan fingerprint density at radius 3 is 2.59 bits per heavy atom. The molecule has 1 aliphatic rings. The van der Waals surface area contributed by atoms with Crippen molar-refractivity contribution in [3.8, 4) is 16.9 Å². The normalized spacial score (nSPS) is 14.9. The molecule has 8 nitrogen and oxygen atoms in total. The van der Waals surface area contributed by atoms with Crippen LogP contribution in [0.3, 0.4) is 0 Å². The fraction of sp³-hybridized carbons (Fsp3) is 0.567. The van der Waals surface area contributed by atoms with Crippen LogP contribution in [-0.2, 0) is 10.0 Å². The number of pyridine rings is 1. The summed E-state index contributed by atoms with van der Waals surface area (Å²) in [6.45, 7) is 8.00. The zero-order valence-electron chi connectivity index (χ0n) is 24.3. The molecule has 1 unspecified atom stereocenters. The first-order valence-corrected chi connectivity index (χ1v) is 16.5. The Bertz CT molecular complexity index is 1390. The summed E-state index contributed by atoms with van der Waals surface area (Å²) in [5.41, 5.74) is 1.19. The van der Waals surface area contributed by atoms with Crippen LogP contribution in [0.4, 0.5) is 20.2 Å². The van der Waals surface area contributed by atoms with Gasteiger partial charge in [-0.3, -0.25) is 9.71 Å². The Labute approximate surface area is 242 Å². The summed E-state index contributed by atoms with van der Waals surface area (Å²) in [5.74, 6) is -0.461. The second-order valence-corrected chi connectivity index (χ2v) is 12.8. The fourth-order valence-electron chi connectivity index (χ4n) is 5.95. The number of anilines is 2. The van der Waals surface area contributed by atoms with Crippen molar-refractivity contribution < 1.29 is 17.2 Å². The number of sulfonamides is 1. The molecule has 0 saturated heterocycles. The van der Waals surface area contributed by atoms with Gasteiger partial charge in [0, 0.05) is 24.8 Å². The summed E-state index contributed by atoms with van der Waals surface area (Å²) >= 11 is 0. The van der Waals surface area contributed by atoms with Crippen molar-refractivity contribution >= 4 is 21.4 Å². The second kappa shape index (κ2) is 14.2. The Morgan fingerprint density at radius 2 is 1.88 bits per heavy atom. The van der Waals surface area contributed by atoms with E-state index in [1.807, 2.05) is 12.3 Å². The molecule has 1 atom stereocenters. The molecule has 0 aliphatic heterocycles. The molecule has 1 fully saturated rings. The Hall–Kier alpha value is -3.08. The van der Waals surface area contributed by atoms with E-state index in [1.165, 1.54) is 44.7 Å². The van der Waals surface area contributed by atoms with Crippen LogP contribution < -0.4 is 9.62 Å². The summed E-state index contributed by atoms with van der Waals surface area (Å²) in [7, 11) is -3.76. The summed E-state index contributed by atoms with van der Waals surface area (Å²) < 4.78 is 57.5. The van der Waals surface area contributed by atoms with Gasteiger partial charge in [0.1, 0.15) is 11.4 Å². The van der Waals surface area contributed by atoms with Gasteiger partial charge < -0.3 is 4.90 Å². The highest BCUT2D eigenvalue weighted by Gasteiger charge is 2.24. The molecule has 4 rings (SSSR count). The molecular weight excluding hydrogens is 546 g/mol. The topological polar surface area (TPSA) is 93.0 Å². The first kappa shape index (κ1) is 30.9. The Kier molecular flexibility index (Phi) is 10.7. The third-order valence-corrected chi connectivity index (χ3v) is 9.48. The van der Waals surface area contributed by atoms with E-state index in [4.69, 9.17) is 0 Å². The van der Waals surface area contributed by atoms with Crippen molar-refractivity contribution in [2.75, 3.05) is 28.5 Å². The van der Waals surface area contributed by atoms with E-state index < -0.39 is 27.3 Å². The van der Waals surface area contributed by atoms with Crippen LogP contribution >= 0.6 is 0 Å². The zero-order chi connectivity index (χ0) is 29.4. The molecule has 1 N–H and O–H groups in total. The molecule has 0 radical (unpaired) electrons. The molecule has 0 amide bonds. The minimum Gasteiger partial charge on any atom is -0.370 e. The standard InChI is InChI=1S/C30H42F2N6O2S/c1-4-15-37(16-9-12-22(6-3)23-10-7-8-11-23)25-18-24(19-33-20-25)28-21-38(36-34-28)30-26(31)13-14-27(29(30)32)35-41(39,40)17-5-2/h13-14,18-23,35H,4-12,15-17H2,1-3H3. The van der Waals surface area contributed by atoms with Gasteiger partial charge >= 0.3 is 0 Å². The largest absolute Gasteiger partial charge is 0.370 e. The van der Waals surface area contributed by atoms with Gasteiger partial charge in [0.15, 0.2) is 11.6 Å². The summed E-state index contributed by atoms with van der Waals surface area (Å²) in [5, 5.41) is 8.10. The van der Waals surface area contributed by atoms with Crippen LogP contribution in [0.1, 0.15) is 78.6 Å². The lowest BCUT2D eigenvalue weighted by atomic mass is 9.85. The first-order valence-electron chi connectivity index (χ1n) is 14.9. The van der Waals surface area contributed by atoms with E-state index in [9.17, 15) is 12.8 Å². The van der Waals surface area contributed by atoms with Gasteiger partial charge in [0.2, 0.25) is 10.0 Å². The molecule has 0 bridgehead atoms. The lowest BCUT2D eigenvalue weighted by Gasteiger charge is -2.27. The maximum Gasteiger partial charge on any atom is 0.232 e. The van der Waals surface area contributed by atoms with E-state index in [1.54, 1.807) is 13.1 Å². The van der Waals surface area contributed by atoms with Gasteiger partial charge in [-0.05, 0) is 55.7 Å². The van der Waals surface area contributed by atoms with Crippen molar-refractivity contribution in [2.45, 2.75) is 78.6 Å². The molecule has 224 valence electrons. The predicted molar refractivity (Wildman–Crippen MR) is 160 cm³/mol. The molecule has 2 heterocycles. The number of hydrogen-bond acceptors (Lipinski definition) is 6. The van der Waals surface area contributed by atoms with Crippen LogP contribution in [-0.4, -0.2) is 47.2 Å². The summed E-state index contributed by atoms with van der Waals surface area (Å²) in [6, 6.07) is 4.04. The van der Waals surface area contributed by atoms with E-state index in [0.717, 1.165) is 60.3 Å². The maximum absolute atomic E-state index is 15.3. The quantitative estimate of drug-likeness (QED) is 0.206. The number of aromatic nitrogens is 4. The van der Waals surface area contributed by atoms with Crippen LogP contribution in [0.5, 0.6) is 0 Å². The van der Waals surface area contributed by atoms with Crippen molar-refractivity contribution in [3.63, 3.8) is 0 Å². The van der Waals surface area contributed by atoms with E-state index in [2.05, 4.69) is 38.8 Å². The predicted octanol–water partition coefficient (Wildman–Crippen LogP) is 6.97. The van der Waals surface area contributed by atoms with Crippen molar-refractivity contribution in [2.24, 2.45) is 11.8 Å². The lowest BCUT2D eigenvalue weighted by Crippen LogP contribution is -2.26. The zero-order valence-corrected chi connectivity index (χ0v) is 25.1. The first-order chi connectivity index (χ1) is 19.8. The SMILES string of the molecule is CCCN(CCCC(CC)C1CCCC1)c1cncc(-c2cn(-c3c(F)ccc(NS(=O)(=O)CCC)c3F)nn2)c1. The Balaban J connectivity index is 1.51. The molecule has 2 aromatic heterocycles. The van der Waals surface area contributed by atoms with Gasteiger partial charge in [-0.25, -0.2) is 21.9 Å². The van der Waals surface area contributed by atoms with Crippen LogP contribution in [0, 0.1) is 23.5 Å². The van der Waals surface area contributed by atoms with Gasteiger partial charge in [0.05, 0.1) is 29.5 Å². The second-order valence-electron chi connectivity index (χ2n) is 11.0. The highest BCUT2D eigenvalue weighted by atomic mass is 32.2.